The summed E-state index contributed by atoms with van der Waals surface area (Å²) in [5, 5.41) is 2.33. The number of fused-ring (bicyclic) bond motifs is 2. The molecule has 3 rings (SSSR count). The van der Waals surface area contributed by atoms with Gasteiger partial charge in [0, 0.05) is 30.0 Å². The minimum Gasteiger partial charge on any atom is -0.323 e. The third-order valence-corrected chi connectivity index (χ3v) is 2.57. The molecule has 2 heterocycles. The molecule has 2 heteroatoms. The largest absolute Gasteiger partial charge is 0.323 e. The Balaban J connectivity index is 2.53. The molecule has 0 N–H and O–H groups in total. The Labute approximate surface area is 86.4 Å². The van der Waals surface area contributed by atoms with Gasteiger partial charge in [0.15, 0.2) is 5.43 Å². The standard InChI is InChI=1S/C13H9NO/c15-13-5-6-14-9-11-4-2-1-3-10(11)7-12(14)8-13/h1-9H. The van der Waals surface area contributed by atoms with Crippen molar-refractivity contribution in [2.45, 2.75) is 0 Å². The van der Waals surface area contributed by atoms with Crippen LogP contribution < -0.4 is 5.43 Å². The molecule has 0 saturated heterocycles. The van der Waals surface area contributed by atoms with Crippen molar-refractivity contribution in [2.75, 3.05) is 0 Å². The minimum absolute atomic E-state index is 0.0466. The number of benzene rings is 1. The molecule has 0 aliphatic rings. The summed E-state index contributed by atoms with van der Waals surface area (Å²) in [7, 11) is 0. The van der Waals surface area contributed by atoms with Crippen molar-refractivity contribution in [1.29, 1.82) is 0 Å². The lowest BCUT2D eigenvalue weighted by molar-refractivity contribution is 1.17. The third-order valence-electron chi connectivity index (χ3n) is 2.57. The molecule has 2 aromatic heterocycles. The Hall–Kier alpha value is -2.09. The van der Waals surface area contributed by atoms with E-state index in [9.17, 15) is 4.79 Å². The topological polar surface area (TPSA) is 21.5 Å². The maximum Gasteiger partial charge on any atom is 0.182 e. The highest BCUT2D eigenvalue weighted by Crippen LogP contribution is 2.15. The SMILES string of the molecule is O=c1ccn2cc3ccccc3cc2c1. The summed E-state index contributed by atoms with van der Waals surface area (Å²) in [4.78, 5) is 11.2. The fraction of sp³-hybridized carbons (Fsp3) is 0. The molecule has 0 aliphatic carbocycles. The van der Waals surface area contributed by atoms with Crippen LogP contribution in [0.3, 0.4) is 0 Å². The van der Waals surface area contributed by atoms with E-state index in [1.807, 2.05) is 34.9 Å². The molecule has 0 unspecified atom stereocenters. The summed E-state index contributed by atoms with van der Waals surface area (Å²) in [6, 6.07) is 13.4. The van der Waals surface area contributed by atoms with Crippen molar-refractivity contribution in [3.63, 3.8) is 0 Å². The van der Waals surface area contributed by atoms with Gasteiger partial charge < -0.3 is 4.40 Å². The zero-order chi connectivity index (χ0) is 10.3. The van der Waals surface area contributed by atoms with Gasteiger partial charge in [-0.25, -0.2) is 0 Å². The molecular formula is C13H9NO. The molecule has 0 amide bonds. The van der Waals surface area contributed by atoms with Crippen LogP contribution in [0.15, 0.2) is 59.7 Å². The minimum atomic E-state index is 0.0466. The van der Waals surface area contributed by atoms with E-state index in [1.165, 1.54) is 5.39 Å². The van der Waals surface area contributed by atoms with Crippen LogP contribution in [0.1, 0.15) is 0 Å². The van der Waals surface area contributed by atoms with Gasteiger partial charge in [-0.1, -0.05) is 24.3 Å². The van der Waals surface area contributed by atoms with Crippen LogP contribution in [-0.4, -0.2) is 4.40 Å². The van der Waals surface area contributed by atoms with E-state index in [-0.39, 0.29) is 5.43 Å². The van der Waals surface area contributed by atoms with E-state index < -0.39 is 0 Å². The second kappa shape index (κ2) is 2.95. The smallest absolute Gasteiger partial charge is 0.182 e. The number of hydrogen-bond acceptors (Lipinski definition) is 1. The molecule has 0 atom stereocenters. The predicted molar refractivity (Wildman–Crippen MR) is 61.2 cm³/mol. The van der Waals surface area contributed by atoms with Crippen LogP contribution in [0.2, 0.25) is 0 Å². The van der Waals surface area contributed by atoms with Gasteiger partial charge in [0.05, 0.1) is 0 Å². The normalized spacial score (nSPS) is 10.9. The lowest BCUT2D eigenvalue weighted by atomic mass is 10.1. The van der Waals surface area contributed by atoms with Crippen LogP contribution in [0.4, 0.5) is 0 Å². The van der Waals surface area contributed by atoms with Crippen molar-refractivity contribution < 1.29 is 0 Å². The van der Waals surface area contributed by atoms with E-state index in [1.54, 1.807) is 18.3 Å². The fourth-order valence-electron chi connectivity index (χ4n) is 1.81. The summed E-state index contributed by atoms with van der Waals surface area (Å²) in [6.07, 6.45) is 3.83. The maximum absolute atomic E-state index is 11.2. The molecule has 0 bridgehead atoms. The predicted octanol–water partition coefficient (Wildman–Crippen LogP) is 2.45. The van der Waals surface area contributed by atoms with Gasteiger partial charge in [-0.2, -0.15) is 0 Å². The summed E-state index contributed by atoms with van der Waals surface area (Å²) < 4.78 is 1.96. The van der Waals surface area contributed by atoms with Crippen LogP contribution in [0, 0.1) is 0 Å². The zero-order valence-electron chi connectivity index (χ0n) is 8.05. The summed E-state index contributed by atoms with van der Waals surface area (Å²) in [6.45, 7) is 0. The van der Waals surface area contributed by atoms with Gasteiger partial charge in [0.25, 0.3) is 0 Å². The first kappa shape index (κ1) is 8.24. The van der Waals surface area contributed by atoms with Crippen molar-refractivity contribution in [1.82, 2.24) is 4.40 Å². The number of aromatic nitrogens is 1. The van der Waals surface area contributed by atoms with Crippen molar-refractivity contribution >= 4 is 16.3 Å². The third kappa shape index (κ3) is 1.31. The van der Waals surface area contributed by atoms with Crippen LogP contribution >= 0.6 is 0 Å². The highest BCUT2D eigenvalue weighted by Gasteiger charge is 1.96. The Morgan fingerprint density at radius 3 is 2.60 bits per heavy atom. The molecule has 2 nitrogen and oxygen atoms in total. The van der Waals surface area contributed by atoms with Gasteiger partial charge in [0.1, 0.15) is 0 Å². The highest BCUT2D eigenvalue weighted by molar-refractivity contribution is 5.85. The fourth-order valence-corrected chi connectivity index (χ4v) is 1.81. The Morgan fingerprint density at radius 1 is 0.933 bits per heavy atom. The van der Waals surface area contributed by atoms with E-state index in [2.05, 4.69) is 6.07 Å². The van der Waals surface area contributed by atoms with Gasteiger partial charge in [-0.3, -0.25) is 4.79 Å². The molecule has 0 spiro atoms. The van der Waals surface area contributed by atoms with Crippen LogP contribution in [0.25, 0.3) is 16.3 Å². The van der Waals surface area contributed by atoms with E-state index in [0.29, 0.717) is 0 Å². The molecule has 72 valence electrons. The summed E-state index contributed by atoms with van der Waals surface area (Å²) in [5.41, 5.74) is 0.978. The molecule has 0 fully saturated rings. The van der Waals surface area contributed by atoms with Crippen molar-refractivity contribution in [3.8, 4) is 0 Å². The molecule has 15 heavy (non-hydrogen) atoms. The average Bonchev–Trinajstić information content (AvgIpc) is 2.26. The second-order valence-corrected chi connectivity index (χ2v) is 3.60. The Morgan fingerprint density at radius 2 is 1.73 bits per heavy atom. The summed E-state index contributed by atoms with van der Waals surface area (Å²) in [5.74, 6) is 0. The van der Waals surface area contributed by atoms with Crippen molar-refractivity contribution in [2.24, 2.45) is 0 Å². The van der Waals surface area contributed by atoms with Crippen molar-refractivity contribution in [3.05, 3.63) is 65.1 Å². The van der Waals surface area contributed by atoms with E-state index in [0.717, 1.165) is 10.9 Å². The number of hydrogen-bond donors (Lipinski definition) is 0. The van der Waals surface area contributed by atoms with E-state index >= 15 is 0 Å². The average molecular weight is 195 g/mol. The second-order valence-electron chi connectivity index (χ2n) is 3.60. The van der Waals surface area contributed by atoms with E-state index in [4.69, 9.17) is 0 Å². The summed E-state index contributed by atoms with van der Waals surface area (Å²) >= 11 is 0. The lowest BCUT2D eigenvalue weighted by Gasteiger charge is -2.03. The monoisotopic (exact) mass is 195 g/mol. The first-order chi connectivity index (χ1) is 7.33. The van der Waals surface area contributed by atoms with Crippen LogP contribution in [0.5, 0.6) is 0 Å². The van der Waals surface area contributed by atoms with Gasteiger partial charge >= 0.3 is 0 Å². The highest BCUT2D eigenvalue weighted by atomic mass is 16.1. The Bertz CT molecular complexity index is 697. The number of nitrogens with zero attached hydrogens (tertiary/aromatic N) is 1. The molecule has 0 radical (unpaired) electrons. The molecule has 1 aromatic carbocycles. The first-order valence-electron chi connectivity index (χ1n) is 4.84. The maximum atomic E-state index is 11.2. The van der Waals surface area contributed by atoms with Gasteiger partial charge in [0.2, 0.25) is 0 Å². The molecule has 3 aromatic rings. The lowest BCUT2D eigenvalue weighted by Crippen LogP contribution is -1.99. The number of rotatable bonds is 0. The quantitative estimate of drug-likeness (QED) is 0.505. The van der Waals surface area contributed by atoms with Gasteiger partial charge in [-0.05, 0) is 16.8 Å². The number of pyridine rings is 2. The van der Waals surface area contributed by atoms with Gasteiger partial charge in [-0.15, -0.1) is 0 Å². The molecule has 0 saturated carbocycles. The Kier molecular flexibility index (Phi) is 1.62. The first-order valence-corrected chi connectivity index (χ1v) is 4.84. The molecular weight excluding hydrogens is 186 g/mol. The molecule has 0 aliphatic heterocycles. The van der Waals surface area contributed by atoms with Crippen LogP contribution in [-0.2, 0) is 0 Å². The zero-order valence-corrected chi connectivity index (χ0v) is 8.05.